The summed E-state index contributed by atoms with van der Waals surface area (Å²) in [7, 11) is 0. The summed E-state index contributed by atoms with van der Waals surface area (Å²) in [5.41, 5.74) is 0. The predicted octanol–water partition coefficient (Wildman–Crippen LogP) is 2.66. The van der Waals surface area contributed by atoms with Gasteiger partial charge in [0.2, 0.25) is 5.91 Å². The summed E-state index contributed by atoms with van der Waals surface area (Å²) in [6.45, 7) is 3.16. The van der Waals surface area contributed by atoms with E-state index in [0.29, 0.717) is 44.2 Å². The van der Waals surface area contributed by atoms with Crippen LogP contribution in [0.15, 0.2) is 18.3 Å². The Balaban J connectivity index is 1.48. The van der Waals surface area contributed by atoms with Crippen LogP contribution in [0.25, 0.3) is 0 Å². The summed E-state index contributed by atoms with van der Waals surface area (Å²) in [4.78, 5) is 22.2. The fraction of sp³-hybridized carbons (Fsp3) is 0.647. The van der Waals surface area contributed by atoms with Crippen molar-refractivity contribution in [3.05, 3.63) is 23.4 Å². The lowest BCUT2D eigenvalue weighted by Gasteiger charge is -2.38. The number of halogens is 4. The zero-order valence-corrected chi connectivity index (χ0v) is 15.1. The molecule has 2 aliphatic heterocycles. The number of hydrogen-bond acceptors (Lipinski definition) is 4. The van der Waals surface area contributed by atoms with Crippen LogP contribution in [0.1, 0.15) is 12.8 Å². The van der Waals surface area contributed by atoms with Gasteiger partial charge in [-0.25, -0.2) is 4.98 Å². The Morgan fingerprint density at radius 3 is 2.54 bits per heavy atom. The molecular weight excluding hydrogens is 369 g/mol. The Hall–Kier alpha value is -1.54. The van der Waals surface area contributed by atoms with Crippen molar-refractivity contribution in [2.45, 2.75) is 19.0 Å². The van der Waals surface area contributed by atoms with Crippen LogP contribution in [0.3, 0.4) is 0 Å². The highest BCUT2D eigenvalue weighted by Crippen LogP contribution is 2.33. The fourth-order valence-corrected chi connectivity index (χ4v) is 3.56. The Labute approximate surface area is 155 Å². The first-order chi connectivity index (χ1) is 12.3. The second-order valence-corrected chi connectivity index (χ2v) is 7.25. The molecule has 2 aliphatic rings. The third kappa shape index (κ3) is 4.79. The molecule has 0 saturated carbocycles. The molecule has 1 aromatic rings. The summed E-state index contributed by atoms with van der Waals surface area (Å²) in [5, 5.41) is 0.580. The van der Waals surface area contributed by atoms with E-state index < -0.39 is 12.1 Å². The second kappa shape index (κ2) is 8.00. The van der Waals surface area contributed by atoms with Crippen molar-refractivity contribution in [3.8, 4) is 0 Å². The largest absolute Gasteiger partial charge is 0.393 e. The first-order valence-corrected chi connectivity index (χ1v) is 9.14. The van der Waals surface area contributed by atoms with Crippen molar-refractivity contribution < 1.29 is 18.0 Å². The first-order valence-electron chi connectivity index (χ1n) is 8.76. The van der Waals surface area contributed by atoms with Gasteiger partial charge < -0.3 is 9.80 Å². The zero-order valence-electron chi connectivity index (χ0n) is 14.4. The van der Waals surface area contributed by atoms with Crippen LogP contribution in [0, 0.1) is 5.92 Å². The molecule has 0 N–H and O–H groups in total. The van der Waals surface area contributed by atoms with Crippen molar-refractivity contribution in [1.82, 2.24) is 14.8 Å². The van der Waals surface area contributed by atoms with Gasteiger partial charge in [0.1, 0.15) is 5.82 Å². The molecular formula is C17H22ClF3N4O. The number of rotatable bonds is 3. The number of anilines is 1. The first kappa shape index (κ1) is 19.2. The van der Waals surface area contributed by atoms with E-state index in [2.05, 4.69) is 9.88 Å². The monoisotopic (exact) mass is 390 g/mol. The van der Waals surface area contributed by atoms with Gasteiger partial charge in [0.15, 0.2) is 0 Å². The molecule has 1 atom stereocenters. The number of amides is 1. The van der Waals surface area contributed by atoms with E-state index in [-0.39, 0.29) is 25.4 Å². The number of hydrogen-bond donors (Lipinski definition) is 0. The Bertz CT molecular complexity index is 617. The topological polar surface area (TPSA) is 39.7 Å². The highest BCUT2D eigenvalue weighted by molar-refractivity contribution is 6.30. The van der Waals surface area contributed by atoms with Gasteiger partial charge in [-0.05, 0) is 25.0 Å². The normalized spacial score (nSPS) is 22.5. The zero-order chi connectivity index (χ0) is 18.7. The van der Waals surface area contributed by atoms with Crippen LogP contribution >= 0.6 is 11.6 Å². The van der Waals surface area contributed by atoms with Gasteiger partial charge >= 0.3 is 6.18 Å². The SMILES string of the molecule is O=C(CN1CCN(c2ccc(Cl)cn2)CC1)N1CCCC(C(F)(F)F)C1. The average Bonchev–Trinajstić information content (AvgIpc) is 2.62. The number of aromatic nitrogens is 1. The average molecular weight is 391 g/mol. The van der Waals surface area contributed by atoms with Crippen molar-refractivity contribution >= 4 is 23.3 Å². The summed E-state index contributed by atoms with van der Waals surface area (Å²) in [6.07, 6.45) is -2.11. The summed E-state index contributed by atoms with van der Waals surface area (Å²) >= 11 is 5.84. The number of nitrogens with zero attached hydrogens (tertiary/aromatic N) is 4. The maximum atomic E-state index is 12.9. The van der Waals surface area contributed by atoms with E-state index in [1.165, 1.54) is 4.90 Å². The molecule has 0 aliphatic carbocycles. The number of alkyl halides is 3. The maximum Gasteiger partial charge on any atom is 0.393 e. The van der Waals surface area contributed by atoms with Crippen molar-refractivity contribution in [3.63, 3.8) is 0 Å². The number of piperidine rings is 1. The fourth-order valence-electron chi connectivity index (χ4n) is 3.45. The third-order valence-electron chi connectivity index (χ3n) is 5.00. The molecule has 9 heteroatoms. The van der Waals surface area contributed by atoms with Gasteiger partial charge in [-0.3, -0.25) is 9.69 Å². The molecule has 2 fully saturated rings. The molecule has 0 radical (unpaired) electrons. The minimum Gasteiger partial charge on any atom is -0.354 e. The van der Waals surface area contributed by atoms with E-state index in [1.54, 1.807) is 12.3 Å². The lowest BCUT2D eigenvalue weighted by atomic mass is 9.97. The number of likely N-dealkylation sites (tertiary alicyclic amines) is 1. The number of piperazine rings is 1. The van der Waals surface area contributed by atoms with E-state index in [4.69, 9.17) is 11.6 Å². The Morgan fingerprint density at radius 1 is 1.19 bits per heavy atom. The molecule has 144 valence electrons. The summed E-state index contributed by atoms with van der Waals surface area (Å²) in [5.74, 6) is -0.769. The van der Waals surface area contributed by atoms with Gasteiger partial charge in [0.25, 0.3) is 0 Å². The molecule has 1 amide bonds. The van der Waals surface area contributed by atoms with Gasteiger partial charge in [-0.2, -0.15) is 13.2 Å². The van der Waals surface area contributed by atoms with Crippen LogP contribution in [0.4, 0.5) is 19.0 Å². The third-order valence-corrected chi connectivity index (χ3v) is 5.23. The predicted molar refractivity (Wildman–Crippen MR) is 93.3 cm³/mol. The molecule has 3 heterocycles. The Morgan fingerprint density at radius 2 is 1.92 bits per heavy atom. The standard InChI is InChI=1S/C17H22ClF3N4O/c18-14-3-4-15(22-10-14)24-8-6-23(7-9-24)12-16(26)25-5-1-2-13(11-25)17(19,20)21/h3-4,10,13H,1-2,5-9,11-12H2. The summed E-state index contributed by atoms with van der Waals surface area (Å²) in [6, 6.07) is 3.64. The van der Waals surface area contributed by atoms with Gasteiger partial charge in [0.05, 0.1) is 17.5 Å². The molecule has 5 nitrogen and oxygen atoms in total. The van der Waals surface area contributed by atoms with Crippen molar-refractivity contribution in [2.24, 2.45) is 5.92 Å². The molecule has 1 unspecified atom stereocenters. The molecule has 3 rings (SSSR count). The Kier molecular flexibility index (Phi) is 5.92. The van der Waals surface area contributed by atoms with Crippen LogP contribution in [-0.4, -0.2) is 72.7 Å². The lowest BCUT2D eigenvalue weighted by Crippen LogP contribution is -2.52. The van der Waals surface area contributed by atoms with Crippen LogP contribution in [0.2, 0.25) is 5.02 Å². The molecule has 0 bridgehead atoms. The van der Waals surface area contributed by atoms with Crippen molar-refractivity contribution in [2.75, 3.05) is 50.7 Å². The van der Waals surface area contributed by atoms with E-state index in [9.17, 15) is 18.0 Å². The van der Waals surface area contributed by atoms with Gasteiger partial charge in [0, 0.05) is 45.5 Å². The number of carbonyl (C=O) groups is 1. The highest BCUT2D eigenvalue weighted by Gasteiger charge is 2.42. The van der Waals surface area contributed by atoms with Crippen molar-refractivity contribution in [1.29, 1.82) is 0 Å². The minimum absolute atomic E-state index is 0.111. The smallest absolute Gasteiger partial charge is 0.354 e. The van der Waals surface area contributed by atoms with Gasteiger partial charge in [-0.15, -0.1) is 0 Å². The maximum absolute atomic E-state index is 12.9. The van der Waals surface area contributed by atoms with Gasteiger partial charge in [-0.1, -0.05) is 11.6 Å². The molecule has 2 saturated heterocycles. The van der Waals surface area contributed by atoms with E-state index in [1.807, 2.05) is 11.0 Å². The molecule has 0 aromatic carbocycles. The molecule has 26 heavy (non-hydrogen) atoms. The van der Waals surface area contributed by atoms with E-state index in [0.717, 1.165) is 5.82 Å². The number of carbonyl (C=O) groups excluding carboxylic acids is 1. The van der Waals surface area contributed by atoms with Crippen LogP contribution < -0.4 is 4.90 Å². The highest BCUT2D eigenvalue weighted by atomic mass is 35.5. The molecule has 1 aromatic heterocycles. The van der Waals surface area contributed by atoms with E-state index >= 15 is 0 Å². The number of pyridine rings is 1. The van der Waals surface area contributed by atoms with Crippen LogP contribution in [0.5, 0.6) is 0 Å². The lowest BCUT2D eigenvalue weighted by molar-refractivity contribution is -0.188. The molecule has 0 spiro atoms. The summed E-state index contributed by atoms with van der Waals surface area (Å²) < 4.78 is 38.7. The second-order valence-electron chi connectivity index (χ2n) is 6.82. The minimum atomic E-state index is -4.23. The van der Waals surface area contributed by atoms with Crippen LogP contribution in [-0.2, 0) is 4.79 Å². The quantitative estimate of drug-likeness (QED) is 0.795.